The largest absolute Gasteiger partial charge is 0.497 e. The van der Waals surface area contributed by atoms with Gasteiger partial charge in [0.1, 0.15) is 17.1 Å². The molecule has 0 aromatic heterocycles. The minimum Gasteiger partial charge on any atom is -0.497 e. The summed E-state index contributed by atoms with van der Waals surface area (Å²) in [5.74, 6) is -0.139. The maximum atomic E-state index is 13.3. The third-order valence-corrected chi connectivity index (χ3v) is 5.67. The van der Waals surface area contributed by atoms with Crippen LogP contribution < -0.4 is 10.5 Å². The Labute approximate surface area is 174 Å². The van der Waals surface area contributed by atoms with Gasteiger partial charge in [-0.1, -0.05) is 42.5 Å². The minimum absolute atomic E-state index is 0.00134. The van der Waals surface area contributed by atoms with Crippen molar-refractivity contribution in [1.29, 1.82) is 0 Å². The van der Waals surface area contributed by atoms with Gasteiger partial charge in [0.05, 0.1) is 20.1 Å². The number of methoxy groups -OCH3 is 2. The van der Waals surface area contributed by atoms with Crippen molar-refractivity contribution in [2.24, 2.45) is 5.73 Å². The predicted octanol–water partition coefficient (Wildman–Crippen LogP) is 3.55. The van der Waals surface area contributed by atoms with E-state index in [4.69, 9.17) is 19.9 Å². The first-order valence-corrected chi connectivity index (χ1v) is 9.74. The monoisotopic (exact) mass is 405 g/mol. The molecule has 2 aromatic carbocycles. The van der Waals surface area contributed by atoms with Gasteiger partial charge >= 0.3 is 5.97 Å². The van der Waals surface area contributed by atoms with Gasteiger partial charge in [0.15, 0.2) is 5.78 Å². The second kappa shape index (κ2) is 8.06. The molecule has 2 atom stereocenters. The van der Waals surface area contributed by atoms with E-state index in [0.717, 1.165) is 11.1 Å². The summed E-state index contributed by atoms with van der Waals surface area (Å²) < 4.78 is 16.0. The van der Waals surface area contributed by atoms with Gasteiger partial charge in [-0.25, -0.2) is 4.79 Å². The van der Waals surface area contributed by atoms with Crippen LogP contribution in [-0.2, 0) is 19.1 Å². The Morgan fingerprint density at radius 1 is 1.00 bits per heavy atom. The number of ether oxygens (including phenoxy) is 3. The molecule has 0 fully saturated rings. The van der Waals surface area contributed by atoms with Gasteiger partial charge in [0, 0.05) is 18.4 Å². The van der Waals surface area contributed by atoms with Crippen LogP contribution in [0.4, 0.5) is 0 Å². The molecule has 4 rings (SSSR count). The van der Waals surface area contributed by atoms with Crippen LogP contribution in [0, 0.1) is 0 Å². The molecule has 1 aliphatic carbocycles. The van der Waals surface area contributed by atoms with E-state index in [2.05, 4.69) is 0 Å². The van der Waals surface area contributed by atoms with Gasteiger partial charge in [-0.3, -0.25) is 4.79 Å². The van der Waals surface area contributed by atoms with Crippen molar-refractivity contribution in [3.05, 3.63) is 88.5 Å². The smallest absolute Gasteiger partial charge is 0.340 e. The summed E-state index contributed by atoms with van der Waals surface area (Å²) in [6.45, 7) is 0. The molecule has 2 N–H and O–H groups in total. The van der Waals surface area contributed by atoms with E-state index in [-0.39, 0.29) is 23.2 Å². The summed E-state index contributed by atoms with van der Waals surface area (Å²) in [6.07, 6.45) is 0.875. The highest BCUT2D eigenvalue weighted by molar-refractivity contribution is 6.03. The Kier molecular flexibility index (Phi) is 5.31. The van der Waals surface area contributed by atoms with Crippen molar-refractivity contribution in [3.8, 4) is 5.75 Å². The fourth-order valence-electron chi connectivity index (χ4n) is 4.21. The van der Waals surface area contributed by atoms with Crippen molar-refractivity contribution in [2.75, 3.05) is 14.2 Å². The van der Waals surface area contributed by atoms with Gasteiger partial charge in [0.2, 0.25) is 5.88 Å². The van der Waals surface area contributed by atoms with Crippen LogP contribution in [0.1, 0.15) is 35.8 Å². The number of allylic oxidation sites excluding steroid dienone is 2. The van der Waals surface area contributed by atoms with Crippen LogP contribution in [0.5, 0.6) is 5.75 Å². The van der Waals surface area contributed by atoms with Crippen LogP contribution >= 0.6 is 0 Å². The fourth-order valence-corrected chi connectivity index (χ4v) is 4.21. The first kappa shape index (κ1) is 19.8. The van der Waals surface area contributed by atoms with E-state index in [1.165, 1.54) is 7.11 Å². The normalized spacial score (nSPS) is 21.1. The maximum Gasteiger partial charge on any atom is 0.340 e. The molecule has 154 valence electrons. The number of rotatable bonds is 4. The number of benzene rings is 2. The predicted molar refractivity (Wildman–Crippen MR) is 110 cm³/mol. The molecule has 1 heterocycles. The average Bonchev–Trinajstić information content (AvgIpc) is 2.78. The molecule has 6 nitrogen and oxygen atoms in total. The van der Waals surface area contributed by atoms with E-state index in [9.17, 15) is 9.59 Å². The lowest BCUT2D eigenvalue weighted by Crippen LogP contribution is -2.32. The molecule has 1 aliphatic heterocycles. The topological polar surface area (TPSA) is 87.9 Å². The number of Topliss-reactive ketones (excluding diaryl/α,β-unsaturated/α-hetero) is 1. The molecule has 2 aliphatic rings. The summed E-state index contributed by atoms with van der Waals surface area (Å²) in [4.78, 5) is 25.9. The third kappa shape index (κ3) is 3.45. The summed E-state index contributed by atoms with van der Waals surface area (Å²) in [5.41, 5.74) is 8.61. The summed E-state index contributed by atoms with van der Waals surface area (Å²) in [7, 11) is 2.86. The molecule has 0 saturated carbocycles. The highest BCUT2D eigenvalue weighted by atomic mass is 16.5. The van der Waals surface area contributed by atoms with Crippen LogP contribution in [0.3, 0.4) is 0 Å². The van der Waals surface area contributed by atoms with Gasteiger partial charge in [0.25, 0.3) is 0 Å². The number of nitrogens with two attached hydrogens (primary N) is 1. The first-order chi connectivity index (χ1) is 14.5. The van der Waals surface area contributed by atoms with Crippen LogP contribution in [-0.4, -0.2) is 26.0 Å². The zero-order chi connectivity index (χ0) is 21.3. The van der Waals surface area contributed by atoms with Gasteiger partial charge < -0.3 is 19.9 Å². The van der Waals surface area contributed by atoms with Crippen LogP contribution in [0.25, 0.3) is 0 Å². The molecule has 0 bridgehead atoms. The minimum atomic E-state index is -0.642. The Hall–Kier alpha value is -3.54. The SMILES string of the molecule is COC(=O)C1=C(N)OC2=C(C(=O)C[C@H](c3ccccc3)C2)[C@@H]1c1ccc(OC)cc1. The van der Waals surface area contributed by atoms with Crippen molar-refractivity contribution in [3.63, 3.8) is 0 Å². The molecule has 0 amide bonds. The van der Waals surface area contributed by atoms with Gasteiger partial charge in [-0.2, -0.15) is 0 Å². The Bertz CT molecular complexity index is 1040. The van der Waals surface area contributed by atoms with Crippen molar-refractivity contribution in [1.82, 2.24) is 0 Å². The van der Waals surface area contributed by atoms with E-state index >= 15 is 0 Å². The summed E-state index contributed by atoms with van der Waals surface area (Å²) in [5, 5.41) is 0. The molecule has 2 aromatic rings. The quantitative estimate of drug-likeness (QED) is 0.783. The summed E-state index contributed by atoms with van der Waals surface area (Å²) in [6, 6.07) is 17.1. The molecular weight excluding hydrogens is 382 g/mol. The number of hydrogen-bond donors (Lipinski definition) is 1. The number of carbonyl (C=O) groups is 2. The molecule has 6 heteroatoms. The molecule has 0 unspecified atom stereocenters. The zero-order valence-electron chi connectivity index (χ0n) is 16.9. The van der Waals surface area contributed by atoms with E-state index in [1.807, 2.05) is 42.5 Å². The van der Waals surface area contributed by atoms with Crippen molar-refractivity contribution >= 4 is 11.8 Å². The average molecular weight is 405 g/mol. The molecule has 0 saturated heterocycles. The Balaban J connectivity index is 1.80. The Morgan fingerprint density at radius 2 is 1.70 bits per heavy atom. The summed E-state index contributed by atoms with van der Waals surface area (Å²) >= 11 is 0. The Morgan fingerprint density at radius 3 is 2.33 bits per heavy atom. The lowest BCUT2D eigenvalue weighted by atomic mass is 9.73. The van der Waals surface area contributed by atoms with Gasteiger partial charge in [-0.05, 0) is 29.2 Å². The van der Waals surface area contributed by atoms with E-state index in [0.29, 0.717) is 29.9 Å². The lowest BCUT2D eigenvalue weighted by Gasteiger charge is -2.35. The van der Waals surface area contributed by atoms with Crippen molar-refractivity contribution in [2.45, 2.75) is 24.7 Å². The van der Waals surface area contributed by atoms with Crippen molar-refractivity contribution < 1.29 is 23.8 Å². The van der Waals surface area contributed by atoms with Crippen LogP contribution in [0.2, 0.25) is 0 Å². The maximum absolute atomic E-state index is 13.3. The second-order valence-corrected chi connectivity index (χ2v) is 7.35. The third-order valence-electron chi connectivity index (χ3n) is 5.67. The molecule has 30 heavy (non-hydrogen) atoms. The van der Waals surface area contributed by atoms with E-state index in [1.54, 1.807) is 19.2 Å². The second-order valence-electron chi connectivity index (χ2n) is 7.35. The lowest BCUT2D eigenvalue weighted by molar-refractivity contribution is -0.136. The number of carbonyl (C=O) groups excluding carboxylic acids is 2. The highest BCUT2D eigenvalue weighted by Crippen LogP contribution is 2.47. The molecular formula is C24H23NO5. The number of esters is 1. The van der Waals surface area contributed by atoms with Gasteiger partial charge in [-0.15, -0.1) is 0 Å². The van der Waals surface area contributed by atoms with Crippen LogP contribution in [0.15, 0.2) is 77.4 Å². The molecule has 0 spiro atoms. The highest BCUT2D eigenvalue weighted by Gasteiger charge is 2.43. The van der Waals surface area contributed by atoms with E-state index < -0.39 is 11.9 Å². The molecule has 0 radical (unpaired) electrons. The standard InChI is InChI=1S/C24H23NO5/c1-28-17-10-8-15(9-11-17)20-21-18(26)12-16(14-6-4-3-5-7-14)13-19(21)30-23(25)22(20)24(27)29-2/h3-11,16,20H,12-13,25H2,1-2H3/t16-,20-/m0/s1. The number of hydrogen-bond acceptors (Lipinski definition) is 6. The first-order valence-electron chi connectivity index (χ1n) is 9.74. The zero-order valence-corrected chi connectivity index (χ0v) is 16.9. The number of ketones is 1. The fraction of sp³-hybridized carbons (Fsp3) is 0.250.